The predicted molar refractivity (Wildman–Crippen MR) is 120 cm³/mol. The molecular formula is C20H18Cl4N2O4. The molecule has 0 heterocycles. The van der Waals surface area contributed by atoms with Gasteiger partial charge in [-0.15, -0.1) is 0 Å². The molecule has 0 bridgehead atoms. The monoisotopic (exact) mass is 490 g/mol. The lowest BCUT2D eigenvalue weighted by molar-refractivity contribution is -0.114. The topological polar surface area (TPSA) is 69.2 Å². The quantitative estimate of drug-likeness (QED) is 0.378. The highest BCUT2D eigenvalue weighted by Crippen LogP contribution is 2.37. The van der Waals surface area contributed by atoms with Gasteiger partial charge in [-0.05, 0) is 11.6 Å². The van der Waals surface area contributed by atoms with Crippen molar-refractivity contribution in [1.82, 2.24) is 5.32 Å². The number of hydrogen-bond acceptors (Lipinski definition) is 5. The summed E-state index contributed by atoms with van der Waals surface area (Å²) in [5, 5.41) is 6.87. The molecule has 0 aromatic heterocycles. The van der Waals surface area contributed by atoms with Crippen LogP contribution in [0.2, 0.25) is 10.0 Å². The summed E-state index contributed by atoms with van der Waals surface area (Å²) in [4.78, 5) is 17.0. The van der Waals surface area contributed by atoms with Crippen LogP contribution in [0.1, 0.15) is 11.1 Å². The van der Waals surface area contributed by atoms with Crippen LogP contribution in [-0.2, 0) is 16.2 Å². The molecule has 0 unspecified atom stereocenters. The van der Waals surface area contributed by atoms with E-state index in [1.807, 2.05) is 6.07 Å². The number of nitrogens with zero attached hydrogens (tertiary/aromatic N) is 1. The van der Waals surface area contributed by atoms with E-state index in [2.05, 4.69) is 10.5 Å². The van der Waals surface area contributed by atoms with Crippen molar-refractivity contribution < 1.29 is 19.1 Å². The van der Waals surface area contributed by atoms with Crippen LogP contribution in [0, 0.1) is 0 Å². The van der Waals surface area contributed by atoms with Crippen LogP contribution in [0.15, 0.2) is 52.1 Å². The van der Waals surface area contributed by atoms with Crippen LogP contribution in [0.3, 0.4) is 0 Å². The lowest BCUT2D eigenvalue weighted by atomic mass is 10.0. The molecular weight excluding hydrogens is 474 g/mol. The van der Waals surface area contributed by atoms with Gasteiger partial charge >= 0.3 is 0 Å². The van der Waals surface area contributed by atoms with Crippen molar-refractivity contribution in [1.29, 1.82) is 0 Å². The molecule has 0 aliphatic carbocycles. The van der Waals surface area contributed by atoms with Crippen molar-refractivity contribution >= 4 is 58.0 Å². The molecule has 1 amide bonds. The van der Waals surface area contributed by atoms with Gasteiger partial charge in [0.2, 0.25) is 0 Å². The molecule has 0 saturated carbocycles. The maximum Gasteiger partial charge on any atom is 0.273 e. The van der Waals surface area contributed by atoms with Gasteiger partial charge in [-0.3, -0.25) is 4.79 Å². The summed E-state index contributed by atoms with van der Waals surface area (Å²) in [6, 6.07) is 10.2. The summed E-state index contributed by atoms with van der Waals surface area (Å²) in [5.41, 5.74) is 1.35. The van der Waals surface area contributed by atoms with Crippen LogP contribution in [0.5, 0.6) is 11.5 Å². The Bertz CT molecular complexity index is 937. The van der Waals surface area contributed by atoms with Crippen molar-refractivity contribution in [3.05, 3.63) is 68.1 Å². The number of hydrogen-bond donors (Lipinski definition) is 1. The number of benzene rings is 2. The molecule has 0 fully saturated rings. The number of carbonyl (C=O) groups is 1. The molecule has 0 atom stereocenters. The maximum absolute atomic E-state index is 12.2. The van der Waals surface area contributed by atoms with Crippen molar-refractivity contribution in [2.24, 2.45) is 5.16 Å². The fourth-order valence-electron chi connectivity index (χ4n) is 2.41. The number of oxime groups is 1. The lowest BCUT2D eigenvalue weighted by Crippen LogP contribution is -2.29. The number of carbonyl (C=O) groups excluding carboxylic acids is 1. The van der Waals surface area contributed by atoms with Gasteiger partial charge in [-0.1, -0.05) is 75.8 Å². The molecule has 1 N–H and O–H groups in total. The highest BCUT2D eigenvalue weighted by molar-refractivity contribution is 6.55. The van der Waals surface area contributed by atoms with Crippen molar-refractivity contribution in [2.45, 2.75) is 6.61 Å². The second-order valence-corrected chi connectivity index (χ2v) is 7.49. The summed E-state index contributed by atoms with van der Waals surface area (Å²) < 4.78 is 11.4. The smallest absolute Gasteiger partial charge is 0.273 e. The zero-order valence-electron chi connectivity index (χ0n) is 16.0. The Morgan fingerprint density at radius 3 is 2.40 bits per heavy atom. The molecule has 2 aromatic carbocycles. The van der Waals surface area contributed by atoms with Gasteiger partial charge in [0, 0.05) is 24.7 Å². The summed E-state index contributed by atoms with van der Waals surface area (Å²) in [6.07, 6.45) is 1.48. The molecule has 0 spiro atoms. The standard InChI is InChI=1S/C20H18Cl4N2O4/c1-25-20(27)18(26-28-2)14-6-4-3-5-12(14)11-30-19-15(21)9-13(10-16(19)22)29-8-7-17(23)24/h3-7,9-10H,8,11H2,1-2H3,(H,25,27)/b26-18+. The van der Waals surface area contributed by atoms with Crippen LogP contribution in [0.4, 0.5) is 0 Å². The molecule has 0 aliphatic heterocycles. The van der Waals surface area contributed by atoms with E-state index < -0.39 is 5.91 Å². The summed E-state index contributed by atoms with van der Waals surface area (Å²) >= 11 is 23.7. The average Bonchev–Trinajstić information content (AvgIpc) is 2.71. The highest BCUT2D eigenvalue weighted by atomic mass is 35.5. The molecule has 6 nitrogen and oxygen atoms in total. The Kier molecular flexibility index (Phi) is 9.59. The molecule has 0 aliphatic rings. The van der Waals surface area contributed by atoms with E-state index in [9.17, 15) is 4.79 Å². The van der Waals surface area contributed by atoms with E-state index in [0.717, 1.165) is 0 Å². The van der Waals surface area contributed by atoms with Gasteiger partial charge < -0.3 is 19.6 Å². The molecule has 2 rings (SSSR count). The van der Waals surface area contributed by atoms with E-state index >= 15 is 0 Å². The average molecular weight is 492 g/mol. The fraction of sp³-hybridized carbons (Fsp3) is 0.200. The third kappa shape index (κ3) is 6.71. The van der Waals surface area contributed by atoms with Gasteiger partial charge in [0.15, 0.2) is 11.5 Å². The molecule has 30 heavy (non-hydrogen) atoms. The normalized spacial score (nSPS) is 10.9. The van der Waals surface area contributed by atoms with Crippen LogP contribution in [-0.4, -0.2) is 32.4 Å². The summed E-state index contributed by atoms with van der Waals surface area (Å²) in [7, 11) is 2.87. The Balaban J connectivity index is 2.23. The number of rotatable bonds is 9. The maximum atomic E-state index is 12.2. The largest absolute Gasteiger partial charge is 0.489 e. The molecule has 2 aromatic rings. The minimum absolute atomic E-state index is 0.0835. The first-order valence-corrected chi connectivity index (χ1v) is 10.1. The Morgan fingerprint density at radius 1 is 1.13 bits per heavy atom. The van der Waals surface area contributed by atoms with Gasteiger partial charge in [0.05, 0.1) is 10.0 Å². The van der Waals surface area contributed by atoms with Crippen LogP contribution in [0.25, 0.3) is 0 Å². The van der Waals surface area contributed by atoms with E-state index in [4.69, 9.17) is 60.7 Å². The molecule has 160 valence electrons. The minimum atomic E-state index is -0.395. The van der Waals surface area contributed by atoms with E-state index in [0.29, 0.717) is 16.9 Å². The Labute approximate surface area is 194 Å². The number of likely N-dealkylation sites (N-methyl/N-ethyl adjacent to an activating group) is 1. The number of ether oxygens (including phenoxy) is 2. The molecule has 10 heteroatoms. The SMILES string of the molecule is CNC(=O)/C(=N/OC)c1ccccc1COc1c(Cl)cc(OCC=C(Cl)Cl)cc1Cl. The van der Waals surface area contributed by atoms with Gasteiger partial charge in [-0.2, -0.15) is 0 Å². The first kappa shape index (κ1) is 24.2. The van der Waals surface area contributed by atoms with Gasteiger partial charge in [0.1, 0.15) is 30.6 Å². The zero-order valence-corrected chi connectivity index (χ0v) is 19.1. The number of amides is 1. The summed E-state index contributed by atoms with van der Waals surface area (Å²) in [5.74, 6) is 0.308. The fourth-order valence-corrected chi connectivity index (χ4v) is 3.11. The van der Waals surface area contributed by atoms with Crippen molar-refractivity contribution in [3.8, 4) is 11.5 Å². The van der Waals surface area contributed by atoms with E-state index in [1.165, 1.54) is 20.2 Å². The lowest BCUT2D eigenvalue weighted by Gasteiger charge is -2.14. The summed E-state index contributed by atoms with van der Waals surface area (Å²) in [6.45, 7) is 0.240. The third-order valence-corrected chi connectivity index (χ3v) is 4.60. The second kappa shape index (κ2) is 11.9. The number of halogens is 4. The molecule has 0 radical (unpaired) electrons. The zero-order chi connectivity index (χ0) is 22.1. The number of nitrogens with one attached hydrogen (secondary N) is 1. The van der Waals surface area contributed by atoms with Crippen molar-refractivity contribution in [3.63, 3.8) is 0 Å². The van der Waals surface area contributed by atoms with Gasteiger partial charge in [0.25, 0.3) is 5.91 Å². The third-order valence-electron chi connectivity index (χ3n) is 3.73. The van der Waals surface area contributed by atoms with Crippen molar-refractivity contribution in [2.75, 3.05) is 20.8 Å². The minimum Gasteiger partial charge on any atom is -0.489 e. The van der Waals surface area contributed by atoms with E-state index in [1.54, 1.807) is 30.3 Å². The first-order valence-electron chi connectivity index (χ1n) is 8.54. The van der Waals surface area contributed by atoms with Crippen LogP contribution >= 0.6 is 46.4 Å². The Morgan fingerprint density at radius 2 is 1.80 bits per heavy atom. The van der Waals surface area contributed by atoms with E-state index in [-0.39, 0.29) is 39.2 Å². The van der Waals surface area contributed by atoms with Gasteiger partial charge in [-0.25, -0.2) is 0 Å². The van der Waals surface area contributed by atoms with Crippen LogP contribution < -0.4 is 14.8 Å². The first-order chi connectivity index (χ1) is 14.4. The Hall–Kier alpha value is -2.12. The second-order valence-electron chi connectivity index (χ2n) is 5.67. The predicted octanol–water partition coefficient (Wildman–Crippen LogP) is 5.37. The highest BCUT2D eigenvalue weighted by Gasteiger charge is 2.18. The molecule has 0 saturated heterocycles.